The van der Waals surface area contributed by atoms with Crippen molar-refractivity contribution in [3.8, 4) is 0 Å². The van der Waals surface area contributed by atoms with Crippen LogP contribution >= 0.6 is 15.9 Å². The Kier molecular flexibility index (Phi) is 2.52. The highest BCUT2D eigenvalue weighted by atomic mass is 79.9. The number of benzene rings is 1. The van der Waals surface area contributed by atoms with Gasteiger partial charge in [-0.3, -0.25) is 0 Å². The van der Waals surface area contributed by atoms with Crippen molar-refractivity contribution in [3.05, 3.63) is 52.4 Å². The van der Waals surface area contributed by atoms with Gasteiger partial charge in [-0.1, -0.05) is 22.0 Å². The van der Waals surface area contributed by atoms with Crippen LogP contribution < -0.4 is 0 Å². The topological polar surface area (TPSA) is 21.1 Å². The maximum Gasteiger partial charge on any atom is 0.111 e. The molecule has 4 rings (SSSR count). The zero-order valence-electron chi connectivity index (χ0n) is 10.5. The van der Waals surface area contributed by atoms with E-state index in [0.717, 1.165) is 36.0 Å². The summed E-state index contributed by atoms with van der Waals surface area (Å²) in [6.45, 7) is 3.13. The molecule has 1 aromatic heterocycles. The molecule has 0 fully saturated rings. The van der Waals surface area contributed by atoms with E-state index in [1.165, 1.54) is 17.0 Å². The number of rotatable bonds is 1. The van der Waals surface area contributed by atoms with Crippen molar-refractivity contribution in [2.24, 2.45) is 0 Å². The summed E-state index contributed by atoms with van der Waals surface area (Å²) in [6.07, 6.45) is 7.48. The van der Waals surface area contributed by atoms with Crippen LogP contribution in [-0.4, -0.2) is 27.5 Å². The molecule has 1 aliphatic heterocycles. The van der Waals surface area contributed by atoms with Crippen LogP contribution in [0, 0.1) is 0 Å². The molecule has 0 radical (unpaired) electrons. The van der Waals surface area contributed by atoms with Crippen molar-refractivity contribution in [2.45, 2.75) is 13.0 Å². The third-order valence-corrected chi connectivity index (χ3v) is 4.38. The molecule has 0 N–H and O–H groups in total. The fraction of sp³-hybridized carbons (Fsp3) is 0.267. The van der Waals surface area contributed by atoms with Crippen LogP contribution in [-0.2, 0) is 13.0 Å². The number of allylic oxidation sites excluding steroid dienone is 3. The molecular weight excluding hydrogens is 302 g/mol. The van der Waals surface area contributed by atoms with Crippen molar-refractivity contribution < 1.29 is 0 Å². The van der Waals surface area contributed by atoms with Crippen LogP contribution in [0.2, 0.25) is 0 Å². The molecule has 0 unspecified atom stereocenters. The fourth-order valence-corrected chi connectivity index (χ4v) is 3.16. The molecule has 4 heteroatoms. The molecule has 1 aliphatic carbocycles. The second kappa shape index (κ2) is 4.23. The molecule has 0 saturated heterocycles. The highest BCUT2D eigenvalue weighted by Gasteiger charge is 2.19. The summed E-state index contributed by atoms with van der Waals surface area (Å²) < 4.78 is 3.46. The van der Waals surface area contributed by atoms with E-state index in [2.05, 4.69) is 61.8 Å². The van der Waals surface area contributed by atoms with Gasteiger partial charge in [-0.05, 0) is 30.4 Å². The Morgan fingerprint density at radius 1 is 1.16 bits per heavy atom. The predicted molar refractivity (Wildman–Crippen MR) is 79.9 cm³/mol. The summed E-state index contributed by atoms with van der Waals surface area (Å²) in [6, 6.07) is 6.36. The van der Waals surface area contributed by atoms with Crippen molar-refractivity contribution in [3.63, 3.8) is 0 Å². The number of aromatic nitrogens is 2. The molecule has 3 nitrogen and oxygen atoms in total. The van der Waals surface area contributed by atoms with E-state index < -0.39 is 0 Å². The third-order valence-electron chi connectivity index (χ3n) is 3.89. The molecule has 2 heterocycles. The monoisotopic (exact) mass is 315 g/mol. The van der Waals surface area contributed by atoms with Gasteiger partial charge in [-0.25, -0.2) is 4.98 Å². The third kappa shape index (κ3) is 1.82. The van der Waals surface area contributed by atoms with E-state index in [-0.39, 0.29) is 0 Å². The maximum absolute atomic E-state index is 4.78. The predicted octanol–water partition coefficient (Wildman–Crippen LogP) is 3.11. The van der Waals surface area contributed by atoms with Crippen LogP contribution in [0.15, 0.2) is 46.6 Å². The van der Waals surface area contributed by atoms with Gasteiger partial charge in [0.15, 0.2) is 0 Å². The second-order valence-corrected chi connectivity index (χ2v) is 5.92. The first-order chi connectivity index (χ1) is 9.31. The van der Waals surface area contributed by atoms with E-state index in [1.54, 1.807) is 0 Å². The summed E-state index contributed by atoms with van der Waals surface area (Å²) in [5, 5.41) is 0. The standard InChI is InChI=1S/C15H14BrN3/c16-11-4-5-14-13(10-11)17-15-6-7-18(8-9-19(14)15)12-2-1-3-12/h1-5,10H,6-9H2. The van der Waals surface area contributed by atoms with E-state index in [1.807, 2.05) is 0 Å². The first-order valence-electron chi connectivity index (χ1n) is 6.59. The Balaban J connectivity index is 1.70. The summed E-state index contributed by atoms with van der Waals surface area (Å²) in [7, 11) is 0. The maximum atomic E-state index is 4.78. The van der Waals surface area contributed by atoms with Gasteiger partial charge in [0, 0.05) is 36.2 Å². The lowest BCUT2D eigenvalue weighted by atomic mass is 10.2. The van der Waals surface area contributed by atoms with E-state index >= 15 is 0 Å². The minimum atomic E-state index is 1.01. The van der Waals surface area contributed by atoms with Gasteiger partial charge in [-0.2, -0.15) is 0 Å². The largest absolute Gasteiger partial charge is 0.369 e. The van der Waals surface area contributed by atoms with Gasteiger partial charge in [-0.15, -0.1) is 0 Å². The molecule has 96 valence electrons. The van der Waals surface area contributed by atoms with Gasteiger partial charge >= 0.3 is 0 Å². The molecule has 2 aromatic rings. The van der Waals surface area contributed by atoms with E-state index in [4.69, 9.17) is 4.98 Å². The summed E-state index contributed by atoms with van der Waals surface area (Å²) in [4.78, 5) is 7.22. The van der Waals surface area contributed by atoms with Crippen LogP contribution in [0.5, 0.6) is 0 Å². The molecule has 0 atom stereocenters. The highest BCUT2D eigenvalue weighted by molar-refractivity contribution is 9.10. The Morgan fingerprint density at radius 2 is 2.05 bits per heavy atom. The quantitative estimate of drug-likeness (QED) is 0.806. The van der Waals surface area contributed by atoms with Crippen LogP contribution in [0.1, 0.15) is 5.82 Å². The van der Waals surface area contributed by atoms with Gasteiger partial charge in [0.2, 0.25) is 0 Å². The Labute approximate surface area is 120 Å². The van der Waals surface area contributed by atoms with Gasteiger partial charge in [0.25, 0.3) is 0 Å². The SMILES string of the molecule is Brc1ccc2c(c1)nc1n2CCN(C2=CC=C2)CC1. The smallest absolute Gasteiger partial charge is 0.111 e. The number of nitrogens with zero attached hydrogens (tertiary/aromatic N) is 3. The second-order valence-electron chi connectivity index (χ2n) is 5.00. The molecule has 19 heavy (non-hydrogen) atoms. The first-order valence-corrected chi connectivity index (χ1v) is 7.38. The zero-order chi connectivity index (χ0) is 12.8. The minimum absolute atomic E-state index is 1.01. The number of imidazole rings is 1. The first kappa shape index (κ1) is 11.3. The van der Waals surface area contributed by atoms with Gasteiger partial charge < -0.3 is 9.47 Å². The fourth-order valence-electron chi connectivity index (χ4n) is 2.81. The zero-order valence-corrected chi connectivity index (χ0v) is 12.1. The van der Waals surface area contributed by atoms with Crippen molar-refractivity contribution in [1.29, 1.82) is 0 Å². The number of hydrogen-bond donors (Lipinski definition) is 0. The van der Waals surface area contributed by atoms with Gasteiger partial charge in [0.1, 0.15) is 5.82 Å². The van der Waals surface area contributed by atoms with Crippen LogP contribution in [0.3, 0.4) is 0 Å². The molecular formula is C15H14BrN3. The summed E-state index contributed by atoms with van der Waals surface area (Å²) >= 11 is 3.51. The average molecular weight is 316 g/mol. The van der Waals surface area contributed by atoms with Crippen molar-refractivity contribution in [2.75, 3.05) is 13.1 Å². The highest BCUT2D eigenvalue weighted by Crippen LogP contribution is 2.24. The number of fused-ring (bicyclic) bond motifs is 3. The van der Waals surface area contributed by atoms with Crippen molar-refractivity contribution >= 4 is 27.0 Å². The number of halogens is 1. The Morgan fingerprint density at radius 3 is 2.84 bits per heavy atom. The average Bonchev–Trinajstić information content (AvgIpc) is 2.54. The molecule has 0 bridgehead atoms. The van der Waals surface area contributed by atoms with E-state index in [9.17, 15) is 0 Å². The Bertz CT molecular complexity index is 711. The molecule has 0 saturated carbocycles. The lowest BCUT2D eigenvalue weighted by molar-refractivity contribution is 0.359. The van der Waals surface area contributed by atoms with E-state index in [0.29, 0.717) is 0 Å². The lowest BCUT2D eigenvalue weighted by Crippen LogP contribution is -2.26. The molecule has 1 aromatic carbocycles. The molecule has 2 aliphatic rings. The summed E-state index contributed by atoms with van der Waals surface area (Å²) in [5.41, 5.74) is 3.71. The molecule has 0 spiro atoms. The normalized spacial score (nSPS) is 17.9. The number of hydrogen-bond acceptors (Lipinski definition) is 2. The Hall–Kier alpha value is -1.55. The van der Waals surface area contributed by atoms with Crippen LogP contribution in [0.4, 0.5) is 0 Å². The lowest BCUT2D eigenvalue weighted by Gasteiger charge is -2.25. The van der Waals surface area contributed by atoms with Crippen LogP contribution in [0.25, 0.3) is 11.0 Å². The van der Waals surface area contributed by atoms with Crippen molar-refractivity contribution in [1.82, 2.24) is 14.5 Å². The van der Waals surface area contributed by atoms with Gasteiger partial charge in [0.05, 0.1) is 11.0 Å². The summed E-state index contributed by atoms with van der Waals surface area (Å²) in [5.74, 6) is 1.21. The molecule has 0 amide bonds. The minimum Gasteiger partial charge on any atom is -0.369 e.